The topological polar surface area (TPSA) is 102 Å². The van der Waals surface area contributed by atoms with Gasteiger partial charge in [0.15, 0.2) is 0 Å². The number of benzene rings is 1. The smallest absolute Gasteiger partial charge is 0.254 e. The van der Waals surface area contributed by atoms with Gasteiger partial charge in [-0.15, -0.1) is 16.4 Å². The number of aryl methyl sites for hydroxylation is 2. The molecule has 2 N–H and O–H groups in total. The number of aromatic nitrogens is 4. The average molecular weight is 457 g/mol. The van der Waals surface area contributed by atoms with E-state index in [9.17, 15) is 9.59 Å². The van der Waals surface area contributed by atoms with Gasteiger partial charge in [0.25, 0.3) is 5.91 Å². The van der Waals surface area contributed by atoms with Gasteiger partial charge in [0.2, 0.25) is 11.1 Å². The van der Waals surface area contributed by atoms with Gasteiger partial charge >= 0.3 is 0 Å². The van der Waals surface area contributed by atoms with E-state index in [1.165, 1.54) is 28.0 Å². The van der Waals surface area contributed by atoms with E-state index >= 15 is 0 Å². The molecule has 0 spiro atoms. The first kappa shape index (κ1) is 21.5. The monoisotopic (exact) mass is 456 g/mol. The zero-order valence-electron chi connectivity index (χ0n) is 17.3. The van der Waals surface area contributed by atoms with Crippen LogP contribution >= 0.6 is 23.1 Å². The number of tetrazole rings is 1. The molecule has 3 aromatic rings. The van der Waals surface area contributed by atoms with Crippen LogP contribution in [0.5, 0.6) is 0 Å². The van der Waals surface area contributed by atoms with Crippen molar-refractivity contribution < 1.29 is 9.59 Å². The predicted octanol–water partition coefficient (Wildman–Crippen LogP) is 3.29. The highest BCUT2D eigenvalue weighted by Gasteiger charge is 2.26. The molecule has 2 aromatic heterocycles. The summed E-state index contributed by atoms with van der Waals surface area (Å²) in [5.74, 6) is -0.138. The fraction of sp³-hybridized carbons (Fsp3) is 0.381. The van der Waals surface area contributed by atoms with Crippen molar-refractivity contribution in [2.75, 3.05) is 11.1 Å². The van der Waals surface area contributed by atoms with Gasteiger partial charge in [0.1, 0.15) is 5.00 Å². The summed E-state index contributed by atoms with van der Waals surface area (Å²) in [6.07, 6.45) is 4.00. The molecule has 0 aliphatic heterocycles. The third kappa shape index (κ3) is 5.13. The van der Waals surface area contributed by atoms with Crippen LogP contribution in [0.1, 0.15) is 46.1 Å². The van der Waals surface area contributed by atoms with Crippen LogP contribution in [0.3, 0.4) is 0 Å². The van der Waals surface area contributed by atoms with Crippen LogP contribution in [0.15, 0.2) is 35.5 Å². The van der Waals surface area contributed by atoms with E-state index in [0.717, 1.165) is 36.8 Å². The Hall–Kier alpha value is -2.72. The van der Waals surface area contributed by atoms with Gasteiger partial charge < -0.3 is 10.6 Å². The Morgan fingerprint density at radius 3 is 2.81 bits per heavy atom. The molecule has 0 radical (unpaired) electrons. The van der Waals surface area contributed by atoms with Crippen molar-refractivity contribution >= 4 is 39.9 Å². The summed E-state index contributed by atoms with van der Waals surface area (Å²) < 4.78 is 1.64. The first-order valence-electron chi connectivity index (χ1n) is 10.3. The predicted molar refractivity (Wildman–Crippen MR) is 121 cm³/mol. The van der Waals surface area contributed by atoms with Gasteiger partial charge in [0, 0.05) is 18.0 Å². The highest BCUT2D eigenvalue weighted by molar-refractivity contribution is 7.99. The van der Waals surface area contributed by atoms with Crippen molar-refractivity contribution in [2.45, 2.75) is 50.9 Å². The van der Waals surface area contributed by atoms with Gasteiger partial charge in [0.05, 0.1) is 11.3 Å². The van der Waals surface area contributed by atoms with E-state index in [2.05, 4.69) is 26.2 Å². The minimum absolute atomic E-state index is 0.138. The minimum atomic E-state index is -0.175. The van der Waals surface area contributed by atoms with Gasteiger partial charge in [-0.25, -0.2) is 4.68 Å². The molecular formula is C21H24N6O2S2. The van der Waals surface area contributed by atoms with Crippen LogP contribution in [0, 0.1) is 0 Å². The van der Waals surface area contributed by atoms with Crippen molar-refractivity contribution in [1.29, 1.82) is 0 Å². The van der Waals surface area contributed by atoms with Crippen LogP contribution in [0.2, 0.25) is 0 Å². The second kappa shape index (κ2) is 10.1. The number of hydrogen-bond acceptors (Lipinski definition) is 7. The molecular weight excluding hydrogens is 432 g/mol. The van der Waals surface area contributed by atoms with Crippen LogP contribution < -0.4 is 10.6 Å². The van der Waals surface area contributed by atoms with E-state index in [-0.39, 0.29) is 17.6 Å². The van der Waals surface area contributed by atoms with E-state index in [1.54, 1.807) is 4.68 Å². The molecule has 0 saturated heterocycles. The van der Waals surface area contributed by atoms with E-state index < -0.39 is 0 Å². The van der Waals surface area contributed by atoms with Gasteiger partial charge in [-0.2, -0.15) is 0 Å². The number of amides is 2. The van der Waals surface area contributed by atoms with Crippen molar-refractivity contribution in [2.24, 2.45) is 0 Å². The molecule has 0 bridgehead atoms. The molecule has 4 rings (SSSR count). The Morgan fingerprint density at radius 2 is 2.00 bits per heavy atom. The molecule has 8 nitrogen and oxygen atoms in total. The van der Waals surface area contributed by atoms with E-state index in [4.69, 9.17) is 0 Å². The normalized spacial score (nSPS) is 12.9. The summed E-state index contributed by atoms with van der Waals surface area (Å²) in [6, 6.07) is 9.81. The molecule has 0 unspecified atom stereocenters. The lowest BCUT2D eigenvalue weighted by molar-refractivity contribution is -0.113. The number of carbonyl (C=O) groups excluding carboxylic acids is 2. The Bertz CT molecular complexity index is 1060. The molecule has 1 aliphatic carbocycles. The highest BCUT2D eigenvalue weighted by Crippen LogP contribution is 2.38. The number of nitrogens with zero attached hydrogens (tertiary/aromatic N) is 4. The van der Waals surface area contributed by atoms with Crippen LogP contribution in [0.25, 0.3) is 0 Å². The first-order chi connectivity index (χ1) is 15.2. The van der Waals surface area contributed by atoms with Gasteiger partial charge in [-0.3, -0.25) is 9.59 Å². The molecule has 0 saturated carbocycles. The van der Waals surface area contributed by atoms with Crippen molar-refractivity contribution in [1.82, 2.24) is 25.5 Å². The summed E-state index contributed by atoms with van der Waals surface area (Å²) in [5, 5.41) is 18.7. The van der Waals surface area contributed by atoms with Crippen molar-refractivity contribution in [3.63, 3.8) is 0 Å². The molecule has 2 heterocycles. The highest BCUT2D eigenvalue weighted by atomic mass is 32.2. The maximum absolute atomic E-state index is 13.1. The lowest BCUT2D eigenvalue weighted by Gasteiger charge is -2.13. The largest absolute Gasteiger partial charge is 0.348 e. The number of thiophene rings is 1. The number of nitrogens with one attached hydrogen (secondary N) is 2. The summed E-state index contributed by atoms with van der Waals surface area (Å²) >= 11 is 2.80. The fourth-order valence-electron chi connectivity index (χ4n) is 3.55. The summed E-state index contributed by atoms with van der Waals surface area (Å²) in [5.41, 5.74) is 2.74. The summed E-state index contributed by atoms with van der Waals surface area (Å²) in [6.45, 7) is 3.03. The summed E-state index contributed by atoms with van der Waals surface area (Å²) in [7, 11) is 0. The first-order valence-corrected chi connectivity index (χ1v) is 12.1. The third-order valence-corrected chi connectivity index (χ3v) is 7.24. The standard InChI is InChI=1S/C21H24N6O2S2/c1-2-27-21(24-25-26-27)30-13-17(28)23-20-18(15-10-6-7-11-16(15)31-20)19(29)22-12-14-8-4-3-5-9-14/h3-5,8-9H,2,6-7,10-13H2,1H3,(H,22,29)(H,23,28). The molecule has 2 amide bonds. The molecule has 162 valence electrons. The lowest BCUT2D eigenvalue weighted by Crippen LogP contribution is -2.25. The molecule has 10 heteroatoms. The van der Waals surface area contributed by atoms with Crippen LogP contribution in [0.4, 0.5) is 5.00 Å². The molecule has 1 aliphatic rings. The van der Waals surface area contributed by atoms with Crippen molar-refractivity contribution in [3.8, 4) is 0 Å². The number of carbonyl (C=O) groups is 2. The number of anilines is 1. The molecule has 0 fully saturated rings. The fourth-order valence-corrected chi connectivity index (χ4v) is 5.60. The van der Waals surface area contributed by atoms with Crippen molar-refractivity contribution in [3.05, 3.63) is 51.9 Å². The zero-order chi connectivity index (χ0) is 21.6. The third-order valence-electron chi connectivity index (χ3n) is 5.08. The number of fused-ring (bicyclic) bond motifs is 1. The lowest BCUT2D eigenvalue weighted by atomic mass is 9.95. The maximum Gasteiger partial charge on any atom is 0.254 e. The number of hydrogen-bond donors (Lipinski definition) is 2. The number of rotatable bonds is 8. The average Bonchev–Trinajstić information content (AvgIpc) is 3.40. The van der Waals surface area contributed by atoms with Gasteiger partial charge in [-0.1, -0.05) is 42.1 Å². The Labute approximate surface area is 188 Å². The maximum atomic E-state index is 13.1. The molecule has 31 heavy (non-hydrogen) atoms. The van der Waals surface area contributed by atoms with Gasteiger partial charge in [-0.05, 0) is 54.2 Å². The quantitative estimate of drug-likeness (QED) is 0.505. The van der Waals surface area contributed by atoms with Crippen LogP contribution in [-0.2, 0) is 30.7 Å². The summed E-state index contributed by atoms with van der Waals surface area (Å²) in [4.78, 5) is 26.9. The Morgan fingerprint density at radius 1 is 1.19 bits per heavy atom. The zero-order valence-corrected chi connectivity index (χ0v) is 18.9. The van der Waals surface area contributed by atoms with E-state index in [1.807, 2.05) is 37.3 Å². The minimum Gasteiger partial charge on any atom is -0.348 e. The number of thioether (sulfide) groups is 1. The second-order valence-corrected chi connectivity index (χ2v) is 9.25. The Kier molecular flexibility index (Phi) is 6.98. The molecule has 0 atom stereocenters. The van der Waals surface area contributed by atoms with Crippen LogP contribution in [-0.4, -0.2) is 37.8 Å². The SMILES string of the molecule is CCn1nnnc1SCC(=O)Nc1sc2c(c1C(=O)NCc1ccccc1)CCCC2. The van der Waals surface area contributed by atoms with E-state index in [0.29, 0.717) is 28.8 Å². The molecule has 1 aromatic carbocycles. The second-order valence-electron chi connectivity index (χ2n) is 7.20. The Balaban J connectivity index is 1.47.